The van der Waals surface area contributed by atoms with E-state index in [-0.39, 0.29) is 11.1 Å². The molecule has 0 aliphatic heterocycles. The summed E-state index contributed by atoms with van der Waals surface area (Å²) in [5, 5.41) is 6.75. The zero-order valence-electron chi connectivity index (χ0n) is 27.9. The van der Waals surface area contributed by atoms with E-state index in [1.807, 2.05) is 109 Å². The van der Waals surface area contributed by atoms with E-state index in [0.717, 1.165) is 22.5 Å². The van der Waals surface area contributed by atoms with Crippen molar-refractivity contribution in [1.29, 1.82) is 0 Å². The largest absolute Gasteiger partial charge is 0.325 e. The molecule has 10 rings (SSSR count). The first-order valence-electron chi connectivity index (χ1n) is 16.8. The minimum Gasteiger partial charge on any atom is -0.325 e. The molecule has 0 saturated carbocycles. The van der Waals surface area contributed by atoms with Crippen LogP contribution in [0, 0.1) is 0 Å². The molecule has 0 bridgehead atoms. The molecular weight excluding hydrogens is 717 g/mol. The van der Waals surface area contributed by atoms with Crippen LogP contribution in [0.5, 0.6) is 0 Å². The fraction of sp³-hybridized carbons (Fsp3) is 0. The standard InChI is InChI=1S/C40H24N10O2S2/c51-37-33-29(31-35(53-33)43-21-19-41-31)47-39(49(37)27-7-3-1-4-8-27)45-25-15-11-23(12-16-25)24-13-17-26(18-14-24)46-40-48-30-32-36(44-22-20-42-32)54-34(30)38(52)50(40)28-9-5-2-6-10-28/h1-22H,(H,45,47)(H,46,48). The van der Waals surface area contributed by atoms with Crippen LogP contribution >= 0.6 is 22.7 Å². The SMILES string of the molecule is O=c1c2sc3nccnc3c2nc(Nc2ccc(-c3ccc(Nc4nc5c(sc6nccnc65)c(=O)n4-c4ccccc4)cc3)cc2)n1-c1ccccc1. The first-order valence-corrected chi connectivity index (χ1v) is 18.4. The number of hydrogen-bond acceptors (Lipinski definition) is 12. The highest BCUT2D eigenvalue weighted by Crippen LogP contribution is 2.32. The Morgan fingerprint density at radius 2 is 0.833 bits per heavy atom. The molecule has 0 saturated heterocycles. The van der Waals surface area contributed by atoms with Gasteiger partial charge in [0, 0.05) is 36.2 Å². The van der Waals surface area contributed by atoms with Gasteiger partial charge in [-0.25, -0.2) is 39.0 Å². The summed E-state index contributed by atoms with van der Waals surface area (Å²) < 4.78 is 4.14. The molecular formula is C40H24N10O2S2. The van der Waals surface area contributed by atoms with E-state index in [9.17, 15) is 9.59 Å². The number of nitrogens with one attached hydrogen (secondary N) is 2. The third-order valence-corrected chi connectivity index (χ3v) is 11.0. The molecule has 258 valence electrons. The summed E-state index contributed by atoms with van der Waals surface area (Å²) >= 11 is 2.58. The lowest BCUT2D eigenvalue weighted by molar-refractivity contribution is 0.978. The van der Waals surface area contributed by atoms with Gasteiger partial charge < -0.3 is 10.6 Å². The quantitative estimate of drug-likeness (QED) is 0.164. The van der Waals surface area contributed by atoms with Crippen molar-refractivity contribution in [2.24, 2.45) is 0 Å². The van der Waals surface area contributed by atoms with Gasteiger partial charge in [-0.05, 0) is 59.7 Å². The fourth-order valence-electron chi connectivity index (χ4n) is 6.39. The van der Waals surface area contributed by atoms with Crippen molar-refractivity contribution in [3.63, 3.8) is 0 Å². The first kappa shape index (κ1) is 31.6. The van der Waals surface area contributed by atoms with Crippen LogP contribution in [0.3, 0.4) is 0 Å². The summed E-state index contributed by atoms with van der Waals surface area (Å²) in [4.78, 5) is 56.7. The number of aromatic nitrogens is 8. The molecule has 0 spiro atoms. The molecule has 12 nitrogen and oxygen atoms in total. The number of rotatable bonds is 7. The molecule has 4 aromatic carbocycles. The number of fused-ring (bicyclic) bond motifs is 6. The summed E-state index contributed by atoms with van der Waals surface area (Å²) in [7, 11) is 0. The molecule has 2 N–H and O–H groups in total. The Labute approximate surface area is 312 Å². The van der Waals surface area contributed by atoms with Gasteiger partial charge in [0.25, 0.3) is 11.1 Å². The number of hydrogen-bond donors (Lipinski definition) is 2. The summed E-state index contributed by atoms with van der Waals surface area (Å²) in [5.41, 5.74) is 6.69. The van der Waals surface area contributed by atoms with Gasteiger partial charge in [-0.2, -0.15) is 0 Å². The van der Waals surface area contributed by atoms with Crippen molar-refractivity contribution in [2.45, 2.75) is 0 Å². The Bertz CT molecular complexity index is 2930. The maximum Gasteiger partial charge on any atom is 0.277 e. The molecule has 14 heteroatoms. The molecule has 0 radical (unpaired) electrons. The molecule has 6 aromatic heterocycles. The smallest absolute Gasteiger partial charge is 0.277 e. The van der Waals surface area contributed by atoms with Crippen molar-refractivity contribution < 1.29 is 0 Å². The monoisotopic (exact) mass is 740 g/mol. The topological polar surface area (TPSA) is 145 Å². The van der Waals surface area contributed by atoms with E-state index in [0.29, 0.717) is 64.4 Å². The van der Waals surface area contributed by atoms with E-state index in [1.54, 1.807) is 33.9 Å². The zero-order chi connectivity index (χ0) is 36.2. The molecule has 0 atom stereocenters. The second kappa shape index (κ2) is 12.8. The number of anilines is 4. The highest BCUT2D eigenvalue weighted by Gasteiger charge is 2.20. The van der Waals surface area contributed by atoms with E-state index in [1.165, 1.54) is 22.7 Å². The summed E-state index contributed by atoms with van der Waals surface area (Å²) in [5.74, 6) is 0.742. The molecule has 6 heterocycles. The lowest BCUT2D eigenvalue weighted by Crippen LogP contribution is -2.22. The molecule has 10 aromatic rings. The third kappa shape index (κ3) is 5.36. The van der Waals surface area contributed by atoms with Crippen LogP contribution in [0.2, 0.25) is 0 Å². The Morgan fingerprint density at radius 3 is 1.24 bits per heavy atom. The Morgan fingerprint density at radius 1 is 0.444 bits per heavy atom. The molecule has 0 aliphatic carbocycles. The highest BCUT2D eigenvalue weighted by atomic mass is 32.1. The zero-order valence-corrected chi connectivity index (χ0v) is 29.5. The van der Waals surface area contributed by atoms with Gasteiger partial charge in [-0.1, -0.05) is 60.7 Å². The normalized spacial score (nSPS) is 11.5. The van der Waals surface area contributed by atoms with Crippen molar-refractivity contribution >= 4 is 87.1 Å². The van der Waals surface area contributed by atoms with E-state index in [4.69, 9.17) is 9.97 Å². The van der Waals surface area contributed by atoms with Gasteiger partial charge in [-0.3, -0.25) is 9.59 Å². The van der Waals surface area contributed by atoms with Gasteiger partial charge in [0.05, 0.1) is 11.4 Å². The molecule has 54 heavy (non-hydrogen) atoms. The Balaban J connectivity index is 0.965. The minimum atomic E-state index is -0.197. The molecule has 0 fully saturated rings. The van der Waals surface area contributed by atoms with Crippen LogP contribution < -0.4 is 21.8 Å². The van der Waals surface area contributed by atoms with Crippen LogP contribution in [-0.2, 0) is 0 Å². The van der Waals surface area contributed by atoms with Crippen LogP contribution in [0.1, 0.15) is 0 Å². The van der Waals surface area contributed by atoms with E-state index >= 15 is 0 Å². The van der Waals surface area contributed by atoms with Crippen molar-refractivity contribution in [3.05, 3.63) is 155 Å². The van der Waals surface area contributed by atoms with E-state index < -0.39 is 0 Å². The predicted octanol–water partition coefficient (Wildman–Crippen LogP) is 8.25. The maximum absolute atomic E-state index is 13.9. The lowest BCUT2D eigenvalue weighted by atomic mass is 10.1. The molecule has 0 aliphatic rings. The minimum absolute atomic E-state index is 0.197. The van der Waals surface area contributed by atoms with Crippen LogP contribution in [0.4, 0.5) is 23.3 Å². The third-order valence-electron chi connectivity index (χ3n) is 8.90. The fourth-order valence-corrected chi connectivity index (χ4v) is 8.33. The van der Waals surface area contributed by atoms with Gasteiger partial charge in [-0.15, -0.1) is 22.7 Å². The number of thiophene rings is 2. The second-order valence-electron chi connectivity index (χ2n) is 12.2. The summed E-state index contributed by atoms with van der Waals surface area (Å²) in [6.45, 7) is 0. The molecule has 0 amide bonds. The Hall–Kier alpha value is -7.16. The van der Waals surface area contributed by atoms with Crippen molar-refractivity contribution in [3.8, 4) is 22.5 Å². The summed E-state index contributed by atoms with van der Waals surface area (Å²) in [6, 6.07) is 34.7. The number of para-hydroxylation sites is 2. The summed E-state index contributed by atoms with van der Waals surface area (Å²) in [6.07, 6.45) is 6.44. The van der Waals surface area contributed by atoms with Gasteiger partial charge >= 0.3 is 0 Å². The van der Waals surface area contributed by atoms with Crippen LogP contribution in [0.15, 0.2) is 144 Å². The lowest BCUT2D eigenvalue weighted by Gasteiger charge is -2.15. The van der Waals surface area contributed by atoms with Gasteiger partial charge in [0.1, 0.15) is 41.1 Å². The van der Waals surface area contributed by atoms with Gasteiger partial charge in [0.2, 0.25) is 11.9 Å². The number of nitrogens with zero attached hydrogens (tertiary/aromatic N) is 8. The predicted molar refractivity (Wildman–Crippen MR) is 215 cm³/mol. The average molecular weight is 741 g/mol. The van der Waals surface area contributed by atoms with Crippen LogP contribution in [-0.4, -0.2) is 39.0 Å². The first-order chi connectivity index (χ1) is 26.6. The van der Waals surface area contributed by atoms with Crippen LogP contribution in [0.25, 0.3) is 63.6 Å². The van der Waals surface area contributed by atoms with E-state index in [2.05, 4.69) is 30.6 Å². The van der Waals surface area contributed by atoms with Crippen molar-refractivity contribution in [2.75, 3.05) is 10.6 Å². The second-order valence-corrected chi connectivity index (χ2v) is 14.2. The Kier molecular flexibility index (Phi) is 7.49. The average Bonchev–Trinajstić information content (AvgIpc) is 3.79. The molecule has 0 unspecified atom stereocenters. The maximum atomic E-state index is 13.9. The number of benzene rings is 4. The van der Waals surface area contributed by atoms with Crippen molar-refractivity contribution in [1.82, 2.24) is 39.0 Å². The van der Waals surface area contributed by atoms with Gasteiger partial charge in [0.15, 0.2) is 0 Å². The highest BCUT2D eigenvalue weighted by molar-refractivity contribution is 7.25.